The molecule has 0 heterocycles. The van der Waals surface area contributed by atoms with Gasteiger partial charge in [-0.2, -0.15) is 13.2 Å². The van der Waals surface area contributed by atoms with E-state index in [0.717, 1.165) is 29.2 Å². The predicted molar refractivity (Wildman–Crippen MR) is 120 cm³/mol. The van der Waals surface area contributed by atoms with Crippen molar-refractivity contribution in [2.75, 3.05) is 12.0 Å². The van der Waals surface area contributed by atoms with Crippen molar-refractivity contribution in [1.82, 2.24) is 0 Å². The Labute approximate surface area is 201 Å². The van der Waals surface area contributed by atoms with E-state index in [2.05, 4.69) is 4.74 Å². The highest BCUT2D eigenvalue weighted by molar-refractivity contribution is 6.33. The molecule has 0 fully saturated rings. The van der Waals surface area contributed by atoms with E-state index in [1.165, 1.54) is 43.5 Å². The molecule has 0 unspecified atom stereocenters. The minimum absolute atomic E-state index is 0.0743. The lowest BCUT2D eigenvalue weighted by Crippen LogP contribution is -2.33. The van der Waals surface area contributed by atoms with E-state index >= 15 is 0 Å². The molecule has 0 aliphatic carbocycles. The number of benzene rings is 3. The number of nitrogens with zero attached hydrogens (tertiary/aromatic N) is 2. The number of hydrogen-bond donors (Lipinski definition) is 0. The maximum Gasteiger partial charge on any atom is 0.420 e. The monoisotopic (exact) mass is 508 g/mol. The first-order valence-corrected chi connectivity index (χ1v) is 10.1. The molecule has 0 aliphatic heterocycles. The number of carbonyl (C=O) groups excluding carboxylic acids is 2. The van der Waals surface area contributed by atoms with E-state index in [1.54, 1.807) is 0 Å². The normalized spacial score (nSPS) is 11.0. The summed E-state index contributed by atoms with van der Waals surface area (Å²) < 4.78 is 49.8. The summed E-state index contributed by atoms with van der Waals surface area (Å²) in [6.45, 7) is -0.270. The van der Waals surface area contributed by atoms with Gasteiger partial charge in [-0.05, 0) is 48.0 Å². The molecule has 0 spiro atoms. The average Bonchev–Trinajstić information content (AvgIpc) is 2.82. The number of rotatable bonds is 6. The largest absolute Gasteiger partial charge is 0.465 e. The SMILES string of the molecule is COC(=O)c1ccc(CN(C(=O)Oc2ccc([N+](=O)[O-])cc2)c2cc(C(F)(F)F)ccc2Cl)cc1. The summed E-state index contributed by atoms with van der Waals surface area (Å²) in [5.41, 5.74) is -0.884. The van der Waals surface area contributed by atoms with Gasteiger partial charge < -0.3 is 9.47 Å². The topological polar surface area (TPSA) is 99.0 Å². The molecule has 0 aromatic heterocycles. The number of esters is 1. The zero-order valence-electron chi connectivity index (χ0n) is 17.9. The van der Waals surface area contributed by atoms with Crippen LogP contribution in [0.2, 0.25) is 5.02 Å². The van der Waals surface area contributed by atoms with Gasteiger partial charge in [-0.25, -0.2) is 9.59 Å². The fraction of sp³-hybridized carbons (Fsp3) is 0.130. The van der Waals surface area contributed by atoms with E-state index < -0.39 is 28.7 Å². The Balaban J connectivity index is 1.97. The molecule has 8 nitrogen and oxygen atoms in total. The molecule has 1 amide bonds. The molecule has 0 aliphatic rings. The Morgan fingerprint density at radius 2 is 1.66 bits per heavy atom. The van der Waals surface area contributed by atoms with Gasteiger partial charge >= 0.3 is 18.2 Å². The molecule has 0 atom stereocenters. The predicted octanol–water partition coefficient (Wildman–Crippen LogP) is 6.26. The van der Waals surface area contributed by atoms with E-state index in [0.29, 0.717) is 11.6 Å². The molecule has 0 saturated carbocycles. The molecule has 12 heteroatoms. The third kappa shape index (κ3) is 6.27. The van der Waals surface area contributed by atoms with Crippen LogP contribution in [0.4, 0.5) is 29.3 Å². The first-order valence-electron chi connectivity index (χ1n) is 9.77. The first kappa shape index (κ1) is 25.5. The zero-order valence-corrected chi connectivity index (χ0v) is 18.7. The lowest BCUT2D eigenvalue weighted by Gasteiger charge is -2.24. The molecule has 3 aromatic rings. The van der Waals surface area contributed by atoms with Crippen LogP contribution in [0.25, 0.3) is 0 Å². The maximum atomic E-state index is 13.3. The molecule has 3 aromatic carbocycles. The molecule has 35 heavy (non-hydrogen) atoms. The van der Waals surface area contributed by atoms with Crippen molar-refractivity contribution >= 4 is 35.0 Å². The van der Waals surface area contributed by atoms with Crippen LogP contribution in [0.15, 0.2) is 66.7 Å². The van der Waals surface area contributed by atoms with Crippen molar-refractivity contribution in [3.63, 3.8) is 0 Å². The van der Waals surface area contributed by atoms with Gasteiger partial charge in [0.2, 0.25) is 0 Å². The van der Waals surface area contributed by atoms with Crippen LogP contribution in [0.1, 0.15) is 21.5 Å². The molecule has 0 N–H and O–H groups in total. The number of amides is 1. The summed E-state index contributed by atoms with van der Waals surface area (Å²) in [6, 6.07) is 12.9. The van der Waals surface area contributed by atoms with Gasteiger partial charge in [0, 0.05) is 12.1 Å². The Kier molecular flexibility index (Phi) is 7.60. The smallest absolute Gasteiger partial charge is 0.420 e. The average molecular weight is 509 g/mol. The van der Waals surface area contributed by atoms with E-state index in [4.69, 9.17) is 16.3 Å². The molecule has 3 rings (SSSR count). The molecule has 0 saturated heterocycles. The van der Waals surface area contributed by atoms with Gasteiger partial charge in [0.1, 0.15) is 5.75 Å². The van der Waals surface area contributed by atoms with Crippen molar-refractivity contribution < 1.29 is 37.2 Å². The Morgan fingerprint density at radius 3 is 2.20 bits per heavy atom. The second kappa shape index (κ2) is 10.4. The Hall–Kier alpha value is -4.12. The molecular weight excluding hydrogens is 493 g/mol. The fourth-order valence-corrected chi connectivity index (χ4v) is 3.20. The third-order valence-corrected chi connectivity index (χ3v) is 5.07. The molecule has 182 valence electrons. The summed E-state index contributed by atoms with van der Waals surface area (Å²) in [6.07, 6.45) is -5.78. The first-order chi connectivity index (χ1) is 16.5. The van der Waals surface area contributed by atoms with Crippen LogP contribution >= 0.6 is 11.6 Å². The number of anilines is 1. The quantitative estimate of drug-likeness (QED) is 0.221. The summed E-state index contributed by atoms with van der Waals surface area (Å²) in [7, 11) is 1.21. The van der Waals surface area contributed by atoms with Crippen LogP contribution in [0.5, 0.6) is 5.75 Å². The second-order valence-electron chi connectivity index (χ2n) is 7.06. The zero-order chi connectivity index (χ0) is 25.8. The lowest BCUT2D eigenvalue weighted by molar-refractivity contribution is -0.384. The van der Waals surface area contributed by atoms with Gasteiger partial charge in [-0.3, -0.25) is 15.0 Å². The Morgan fingerprint density at radius 1 is 1.03 bits per heavy atom. The number of alkyl halides is 3. The number of ether oxygens (including phenoxy) is 2. The van der Waals surface area contributed by atoms with Crippen LogP contribution < -0.4 is 9.64 Å². The van der Waals surface area contributed by atoms with E-state index in [9.17, 15) is 32.9 Å². The summed E-state index contributed by atoms with van der Waals surface area (Å²) in [5, 5.41) is 10.7. The standard InChI is InChI=1S/C23H16ClF3N2O6/c1-34-21(30)15-4-2-14(3-5-15)13-28(20-12-16(23(25,26)27)6-11-19(20)24)22(31)35-18-9-7-17(8-10-18)29(32)33/h2-12H,13H2,1H3. The van der Waals surface area contributed by atoms with Gasteiger partial charge in [0.25, 0.3) is 5.69 Å². The minimum Gasteiger partial charge on any atom is -0.465 e. The summed E-state index contributed by atoms with van der Waals surface area (Å²) in [4.78, 5) is 35.7. The summed E-state index contributed by atoms with van der Waals surface area (Å²) in [5.74, 6) is -0.665. The van der Waals surface area contributed by atoms with Crippen LogP contribution in [0.3, 0.4) is 0 Å². The Bertz CT molecular complexity index is 1250. The van der Waals surface area contributed by atoms with Crippen molar-refractivity contribution in [2.24, 2.45) is 0 Å². The third-order valence-electron chi connectivity index (χ3n) is 4.75. The fourth-order valence-electron chi connectivity index (χ4n) is 2.98. The number of nitro benzene ring substituents is 1. The number of hydrogen-bond acceptors (Lipinski definition) is 6. The number of nitro groups is 1. The van der Waals surface area contributed by atoms with Gasteiger partial charge in [0.05, 0.1) is 40.4 Å². The highest BCUT2D eigenvalue weighted by Crippen LogP contribution is 2.36. The number of non-ortho nitro benzene ring substituents is 1. The highest BCUT2D eigenvalue weighted by atomic mass is 35.5. The number of halogens is 4. The van der Waals surface area contributed by atoms with E-state index in [1.807, 2.05) is 0 Å². The minimum atomic E-state index is -4.70. The van der Waals surface area contributed by atoms with Gasteiger partial charge in [-0.15, -0.1) is 0 Å². The van der Waals surface area contributed by atoms with Crippen LogP contribution in [-0.2, 0) is 17.5 Å². The van der Waals surface area contributed by atoms with Crippen molar-refractivity contribution in [3.8, 4) is 5.75 Å². The van der Waals surface area contributed by atoms with Crippen LogP contribution in [0, 0.1) is 10.1 Å². The molecule has 0 bridgehead atoms. The molecular formula is C23H16ClF3N2O6. The maximum absolute atomic E-state index is 13.3. The number of methoxy groups -OCH3 is 1. The van der Waals surface area contributed by atoms with Crippen molar-refractivity contribution in [1.29, 1.82) is 0 Å². The summed E-state index contributed by atoms with van der Waals surface area (Å²) >= 11 is 6.14. The highest BCUT2D eigenvalue weighted by Gasteiger charge is 2.32. The lowest BCUT2D eigenvalue weighted by atomic mass is 10.1. The van der Waals surface area contributed by atoms with Gasteiger partial charge in [0.15, 0.2) is 0 Å². The van der Waals surface area contributed by atoms with Crippen molar-refractivity contribution in [2.45, 2.75) is 12.7 Å². The van der Waals surface area contributed by atoms with E-state index in [-0.39, 0.29) is 34.3 Å². The van der Waals surface area contributed by atoms with Gasteiger partial charge in [-0.1, -0.05) is 23.7 Å². The second-order valence-corrected chi connectivity index (χ2v) is 7.46. The van der Waals surface area contributed by atoms with Crippen LogP contribution in [-0.4, -0.2) is 24.1 Å². The number of carbonyl (C=O) groups is 2. The van der Waals surface area contributed by atoms with Crippen molar-refractivity contribution in [3.05, 3.63) is 98.6 Å². The molecule has 0 radical (unpaired) electrons.